The molecule has 0 bridgehead atoms. The summed E-state index contributed by atoms with van der Waals surface area (Å²) in [5.74, 6) is -7.70. The molecule has 0 spiro atoms. The number of ether oxygens (including phenoxy) is 1. The highest BCUT2D eigenvalue weighted by atomic mass is 19.4. The van der Waals surface area contributed by atoms with Gasteiger partial charge in [0, 0.05) is 25.7 Å². The molecule has 2 aliphatic rings. The van der Waals surface area contributed by atoms with E-state index in [1.165, 1.54) is 32.6 Å². The Bertz CT molecular complexity index is 1120. The van der Waals surface area contributed by atoms with Gasteiger partial charge >= 0.3 is 24.2 Å². The van der Waals surface area contributed by atoms with Gasteiger partial charge in [-0.15, -0.1) is 0 Å². The molecule has 2 rings (SSSR count). The number of hydrogen-bond donors (Lipinski definition) is 1. The Morgan fingerprint density at radius 2 is 1.51 bits per heavy atom. The minimum Gasteiger partial charge on any atom is -0.459 e. The first kappa shape index (κ1) is 36.0. The highest BCUT2D eigenvalue weighted by molar-refractivity contribution is 6.17. The van der Waals surface area contributed by atoms with Crippen LogP contribution in [0.1, 0.15) is 68.2 Å². The van der Waals surface area contributed by atoms with Crippen molar-refractivity contribution in [2.24, 2.45) is 17.6 Å². The van der Waals surface area contributed by atoms with Gasteiger partial charge in [-0.05, 0) is 52.4 Å². The van der Waals surface area contributed by atoms with E-state index in [0.29, 0.717) is 12.8 Å². The van der Waals surface area contributed by atoms with Crippen LogP contribution in [0.25, 0.3) is 0 Å². The van der Waals surface area contributed by atoms with E-state index in [0.717, 1.165) is 9.80 Å². The summed E-state index contributed by atoms with van der Waals surface area (Å²) in [5.41, 5.74) is 3.06. The zero-order chi connectivity index (χ0) is 33.2. The number of amides is 5. The van der Waals surface area contributed by atoms with Crippen LogP contribution in [0.3, 0.4) is 0 Å². The second-order valence-corrected chi connectivity index (χ2v) is 12.9. The number of hydrogen-bond acceptors (Lipinski definition) is 8. The molecule has 3 atom stereocenters. The first-order valence-corrected chi connectivity index (χ1v) is 14.4. The van der Waals surface area contributed by atoms with Gasteiger partial charge in [0.25, 0.3) is 11.7 Å². The number of nitrogens with zero attached hydrogens (tertiary/aromatic N) is 4. The molecule has 15 heteroatoms. The van der Waals surface area contributed by atoms with Gasteiger partial charge in [0.2, 0.25) is 0 Å². The number of halogens is 3. The highest BCUT2D eigenvalue weighted by Gasteiger charge is 2.56. The van der Waals surface area contributed by atoms with Crippen LogP contribution in [0.4, 0.5) is 22.8 Å². The van der Waals surface area contributed by atoms with Gasteiger partial charge in [0.05, 0.1) is 6.54 Å². The maximum Gasteiger partial charge on any atom is 0.452 e. The molecule has 0 aromatic carbocycles. The normalized spacial score (nSPS) is 20.0. The van der Waals surface area contributed by atoms with Crippen LogP contribution in [0.15, 0.2) is 0 Å². The summed E-state index contributed by atoms with van der Waals surface area (Å²) in [4.78, 5) is 83.1. The van der Waals surface area contributed by atoms with Gasteiger partial charge in [0.15, 0.2) is 11.3 Å². The lowest BCUT2D eigenvalue weighted by molar-refractivity contribution is -0.179. The Hall–Kier alpha value is -3.23. The summed E-state index contributed by atoms with van der Waals surface area (Å²) < 4.78 is 46.5. The standard InChI is InChI=1S/C28H44F3N5O7/c1-16(2)21(22(39)28(29,30)31)36(25(42)35-11-9-10-18(35)5)23(40)27(32,17(3)4)19(37)14-33-12-13-34(24(33)41)15-20(38)43-26(6,7)8/h16-18,21H,9-15,32H2,1-8H3/t18-,21+,27-/m1/s1. The molecule has 2 aliphatic heterocycles. The molecule has 2 fully saturated rings. The predicted molar refractivity (Wildman–Crippen MR) is 148 cm³/mol. The van der Waals surface area contributed by atoms with E-state index in [1.807, 2.05) is 0 Å². The number of rotatable bonds is 10. The summed E-state index contributed by atoms with van der Waals surface area (Å²) in [5, 5.41) is 0. The second kappa shape index (κ2) is 13.2. The molecule has 0 radical (unpaired) electrons. The van der Waals surface area contributed by atoms with Crippen molar-refractivity contribution in [1.29, 1.82) is 0 Å². The molecule has 2 N–H and O–H groups in total. The van der Waals surface area contributed by atoms with Gasteiger partial charge in [0.1, 0.15) is 18.2 Å². The number of Topliss-reactive ketones (excluding diaryl/α,β-unsaturated/α-hetero) is 2. The highest BCUT2D eigenvalue weighted by Crippen LogP contribution is 2.31. The summed E-state index contributed by atoms with van der Waals surface area (Å²) in [6.45, 7) is 11.0. The van der Waals surface area contributed by atoms with E-state index in [4.69, 9.17) is 10.5 Å². The van der Waals surface area contributed by atoms with Crippen LogP contribution in [-0.2, 0) is 23.9 Å². The first-order chi connectivity index (χ1) is 19.5. The van der Waals surface area contributed by atoms with Crippen molar-refractivity contribution in [1.82, 2.24) is 19.6 Å². The van der Waals surface area contributed by atoms with E-state index in [-0.39, 0.29) is 31.1 Å². The molecule has 43 heavy (non-hydrogen) atoms. The summed E-state index contributed by atoms with van der Waals surface area (Å²) in [6, 6.07) is -4.56. The lowest BCUT2D eigenvalue weighted by Gasteiger charge is -2.41. The Morgan fingerprint density at radius 3 is 1.93 bits per heavy atom. The predicted octanol–water partition coefficient (Wildman–Crippen LogP) is 2.58. The van der Waals surface area contributed by atoms with Crippen molar-refractivity contribution in [2.75, 3.05) is 32.7 Å². The molecule has 0 aromatic heterocycles. The monoisotopic (exact) mass is 619 g/mol. The first-order valence-electron chi connectivity index (χ1n) is 14.4. The number of carbonyl (C=O) groups is 6. The maximum absolute atomic E-state index is 14.2. The Balaban J connectivity index is 2.44. The number of imide groups is 1. The van der Waals surface area contributed by atoms with E-state index in [9.17, 15) is 41.9 Å². The smallest absolute Gasteiger partial charge is 0.452 e. The van der Waals surface area contributed by atoms with Crippen LogP contribution in [0, 0.1) is 11.8 Å². The zero-order valence-electron chi connectivity index (χ0n) is 26.1. The number of carbonyl (C=O) groups excluding carboxylic acids is 6. The van der Waals surface area contributed by atoms with Gasteiger partial charge < -0.3 is 25.2 Å². The molecule has 244 valence electrons. The number of likely N-dealkylation sites (tertiary alicyclic amines) is 1. The number of nitrogens with two attached hydrogens (primary N) is 1. The van der Waals surface area contributed by atoms with E-state index in [1.54, 1.807) is 27.7 Å². The lowest BCUT2D eigenvalue weighted by Crippen LogP contribution is -2.70. The number of ketones is 2. The Morgan fingerprint density at radius 1 is 0.977 bits per heavy atom. The fraction of sp³-hybridized carbons (Fsp3) is 0.786. The quantitative estimate of drug-likeness (QED) is 0.290. The van der Waals surface area contributed by atoms with Gasteiger partial charge in [-0.1, -0.05) is 27.7 Å². The van der Waals surface area contributed by atoms with Crippen molar-refractivity contribution in [2.45, 2.75) is 97.6 Å². The Labute approximate surface area is 250 Å². The molecule has 12 nitrogen and oxygen atoms in total. The molecular weight excluding hydrogens is 575 g/mol. The third-order valence-electron chi connectivity index (χ3n) is 7.66. The number of esters is 1. The molecule has 2 heterocycles. The molecule has 0 saturated carbocycles. The van der Waals surface area contributed by atoms with Crippen LogP contribution >= 0.6 is 0 Å². The van der Waals surface area contributed by atoms with Crippen LogP contribution < -0.4 is 5.73 Å². The van der Waals surface area contributed by atoms with E-state index in [2.05, 4.69) is 0 Å². The van der Waals surface area contributed by atoms with Gasteiger partial charge in [-0.25, -0.2) is 9.59 Å². The lowest BCUT2D eigenvalue weighted by atomic mass is 9.80. The minimum absolute atomic E-state index is 0.00907. The molecular formula is C28H44F3N5O7. The minimum atomic E-state index is -5.39. The topological polar surface area (TPSA) is 151 Å². The van der Waals surface area contributed by atoms with Crippen molar-refractivity contribution in [3.05, 3.63) is 0 Å². The van der Waals surface area contributed by atoms with Gasteiger partial charge in [-0.3, -0.25) is 24.1 Å². The second-order valence-electron chi connectivity index (χ2n) is 12.9. The maximum atomic E-state index is 14.2. The fourth-order valence-electron chi connectivity index (χ4n) is 5.22. The Kier molecular flexibility index (Phi) is 11.0. The third kappa shape index (κ3) is 8.03. The molecule has 0 aliphatic carbocycles. The SMILES string of the molecule is CC(C)[C@@H](C(=O)C(F)(F)F)N(C(=O)N1CCC[C@H]1C)C(=O)[C@](N)(C(=O)CN1CCN(CC(=O)OC(C)(C)C)C1=O)C(C)C. The number of alkyl halides is 3. The zero-order valence-corrected chi connectivity index (χ0v) is 26.1. The van der Waals surface area contributed by atoms with Gasteiger partial charge in [-0.2, -0.15) is 13.2 Å². The van der Waals surface area contributed by atoms with Crippen LogP contribution in [0.5, 0.6) is 0 Å². The molecule has 0 aromatic rings. The largest absolute Gasteiger partial charge is 0.459 e. The van der Waals surface area contributed by atoms with Crippen molar-refractivity contribution in [3.8, 4) is 0 Å². The molecule has 5 amide bonds. The molecule has 0 unspecified atom stereocenters. The number of urea groups is 2. The third-order valence-corrected chi connectivity index (χ3v) is 7.66. The average molecular weight is 620 g/mol. The summed E-state index contributed by atoms with van der Waals surface area (Å²) >= 11 is 0. The average Bonchev–Trinajstić information content (AvgIpc) is 3.43. The fourth-order valence-corrected chi connectivity index (χ4v) is 5.22. The van der Waals surface area contributed by atoms with E-state index < -0.39 is 83.3 Å². The summed E-state index contributed by atoms with van der Waals surface area (Å²) in [6.07, 6.45) is -4.33. The van der Waals surface area contributed by atoms with Crippen molar-refractivity contribution >= 4 is 35.5 Å². The van der Waals surface area contributed by atoms with Crippen LogP contribution in [0.2, 0.25) is 0 Å². The van der Waals surface area contributed by atoms with Crippen molar-refractivity contribution < 1.29 is 46.7 Å². The summed E-state index contributed by atoms with van der Waals surface area (Å²) in [7, 11) is 0. The van der Waals surface area contributed by atoms with Crippen molar-refractivity contribution in [3.63, 3.8) is 0 Å². The van der Waals surface area contributed by atoms with Crippen LogP contribution in [-0.4, -0.2) is 117 Å². The van der Waals surface area contributed by atoms with E-state index >= 15 is 0 Å². The molecule has 2 saturated heterocycles.